The number of hydrogen-bond donors (Lipinski definition) is 0. The molecule has 0 N–H and O–H groups in total. The summed E-state index contributed by atoms with van der Waals surface area (Å²) in [6.45, 7) is 16.9. The average Bonchev–Trinajstić information content (AvgIpc) is 2.78. The van der Waals surface area contributed by atoms with Crippen LogP contribution in [-0.4, -0.2) is 17.2 Å². The third-order valence-corrected chi connectivity index (χ3v) is 4.95. The Bertz CT molecular complexity index is 931. The van der Waals surface area contributed by atoms with Crippen LogP contribution in [0.4, 0.5) is 0 Å². The first-order valence-electron chi connectivity index (χ1n) is 11.0. The van der Waals surface area contributed by atoms with Gasteiger partial charge in [-0.05, 0) is 83.7 Å². The number of pyridine rings is 1. The Hall–Kier alpha value is -3.00. The van der Waals surface area contributed by atoms with E-state index in [4.69, 9.17) is 9.98 Å². The van der Waals surface area contributed by atoms with E-state index in [0.29, 0.717) is 6.54 Å². The molecule has 0 atom stereocenters. The Kier molecular flexibility index (Phi) is 12.5. The second-order valence-corrected chi connectivity index (χ2v) is 7.30. The number of allylic oxidation sites excluding steroid dienone is 11. The molecule has 0 unspecified atom stereocenters. The lowest BCUT2D eigenvalue weighted by atomic mass is 10.0. The smallest absolute Gasteiger partial charge is 0.0889 e. The monoisotopic (exact) mass is 414 g/mol. The minimum absolute atomic E-state index is 0.631. The highest BCUT2D eigenvalue weighted by Crippen LogP contribution is 2.22. The maximum Gasteiger partial charge on any atom is 0.0889 e. The van der Waals surface area contributed by atoms with Gasteiger partial charge in [0.15, 0.2) is 0 Å². The van der Waals surface area contributed by atoms with Gasteiger partial charge in [-0.15, -0.1) is 6.58 Å². The first-order valence-corrected chi connectivity index (χ1v) is 11.0. The van der Waals surface area contributed by atoms with E-state index in [0.717, 1.165) is 35.5 Å². The summed E-state index contributed by atoms with van der Waals surface area (Å²) in [5, 5.41) is 0. The van der Waals surface area contributed by atoms with Gasteiger partial charge < -0.3 is 0 Å². The Balaban J connectivity index is 3.40. The van der Waals surface area contributed by atoms with Crippen LogP contribution in [0.2, 0.25) is 0 Å². The van der Waals surface area contributed by atoms with E-state index in [1.165, 1.54) is 16.7 Å². The van der Waals surface area contributed by atoms with Crippen LogP contribution >= 0.6 is 0 Å². The molecular formula is C29H38N2. The van der Waals surface area contributed by atoms with Gasteiger partial charge in [0.05, 0.1) is 23.6 Å². The zero-order chi connectivity index (χ0) is 23.1. The van der Waals surface area contributed by atoms with E-state index in [2.05, 4.69) is 75.9 Å². The summed E-state index contributed by atoms with van der Waals surface area (Å²) in [5.41, 5.74) is 7.63. The van der Waals surface area contributed by atoms with E-state index >= 15 is 0 Å². The topological polar surface area (TPSA) is 25.2 Å². The predicted octanol–water partition coefficient (Wildman–Crippen LogP) is 8.23. The molecule has 1 heterocycles. The van der Waals surface area contributed by atoms with Gasteiger partial charge in [-0.25, -0.2) is 4.98 Å². The molecule has 2 heteroatoms. The summed E-state index contributed by atoms with van der Waals surface area (Å²) < 4.78 is 0. The second kappa shape index (κ2) is 14.9. The van der Waals surface area contributed by atoms with E-state index in [1.807, 2.05) is 45.1 Å². The van der Waals surface area contributed by atoms with Crippen LogP contribution in [0.25, 0.3) is 5.57 Å². The molecule has 0 bridgehead atoms. The molecule has 0 saturated heterocycles. The molecule has 1 aromatic heterocycles. The quantitative estimate of drug-likeness (QED) is 0.203. The molecule has 1 aromatic rings. The molecule has 0 amide bonds. The van der Waals surface area contributed by atoms with Gasteiger partial charge in [-0.2, -0.15) is 0 Å². The fourth-order valence-corrected chi connectivity index (χ4v) is 3.10. The van der Waals surface area contributed by atoms with Crippen molar-refractivity contribution < 1.29 is 0 Å². The highest BCUT2D eigenvalue weighted by molar-refractivity contribution is 6.07. The lowest BCUT2D eigenvalue weighted by Crippen LogP contribution is -2.05. The van der Waals surface area contributed by atoms with Crippen LogP contribution in [0.5, 0.6) is 0 Å². The van der Waals surface area contributed by atoms with E-state index < -0.39 is 0 Å². The largest absolute Gasteiger partial charge is 0.278 e. The zero-order valence-corrected chi connectivity index (χ0v) is 20.2. The van der Waals surface area contributed by atoms with Gasteiger partial charge in [-0.3, -0.25) is 4.99 Å². The normalized spacial score (nSPS) is 14.7. The number of aliphatic imine (C=N–C) groups is 1. The fraction of sp³-hybridized carbons (Fsp3) is 0.310. The Morgan fingerprint density at radius 2 is 1.71 bits per heavy atom. The van der Waals surface area contributed by atoms with Crippen molar-refractivity contribution in [2.24, 2.45) is 4.99 Å². The number of aromatic nitrogens is 1. The molecule has 31 heavy (non-hydrogen) atoms. The van der Waals surface area contributed by atoms with Crippen molar-refractivity contribution in [3.63, 3.8) is 0 Å². The summed E-state index contributed by atoms with van der Waals surface area (Å²) in [6.07, 6.45) is 20.5. The summed E-state index contributed by atoms with van der Waals surface area (Å²) in [5.74, 6) is 0. The van der Waals surface area contributed by atoms with Crippen molar-refractivity contribution in [1.82, 2.24) is 4.98 Å². The average molecular weight is 415 g/mol. The molecule has 1 rings (SSSR count). The molecule has 0 fully saturated rings. The molecular weight excluding hydrogens is 376 g/mol. The minimum Gasteiger partial charge on any atom is -0.278 e. The summed E-state index contributed by atoms with van der Waals surface area (Å²) >= 11 is 0. The first kappa shape index (κ1) is 26.0. The number of nitrogens with zero attached hydrogens (tertiary/aromatic N) is 2. The van der Waals surface area contributed by atoms with Gasteiger partial charge >= 0.3 is 0 Å². The van der Waals surface area contributed by atoms with E-state index in [-0.39, 0.29) is 0 Å². The molecule has 0 radical (unpaired) electrons. The van der Waals surface area contributed by atoms with Crippen molar-refractivity contribution >= 4 is 11.3 Å². The molecule has 0 aliphatic heterocycles. The van der Waals surface area contributed by atoms with Gasteiger partial charge in [0, 0.05) is 0 Å². The highest BCUT2D eigenvalue weighted by Gasteiger charge is 2.08. The Labute approximate surface area is 189 Å². The maximum absolute atomic E-state index is 4.96. The fourth-order valence-electron chi connectivity index (χ4n) is 3.10. The lowest BCUT2D eigenvalue weighted by molar-refractivity contribution is 1.10. The van der Waals surface area contributed by atoms with Crippen LogP contribution < -0.4 is 0 Å². The first-order chi connectivity index (χ1) is 15.0. The highest BCUT2D eigenvalue weighted by atomic mass is 14.8. The molecule has 0 aliphatic rings. The standard InChI is InChI=1S/C29H38N2/c1-8-13-14-19-25(23(6)12-5)22-30-28(18-11-4)29-21-15-20-27(31-29)26(17-10-3)24(7)16-9-2/h8-13,15,17-21H,2,14,16,22H2,1,3-7H3/b13-8-,17-10-,18-11-,23-12-,25-19?,26-24+,30-28?. The second-order valence-electron chi connectivity index (χ2n) is 7.30. The number of hydrogen-bond acceptors (Lipinski definition) is 2. The molecule has 164 valence electrons. The van der Waals surface area contributed by atoms with Crippen LogP contribution in [0, 0.1) is 0 Å². The summed E-state index contributed by atoms with van der Waals surface area (Å²) in [4.78, 5) is 9.90. The minimum atomic E-state index is 0.631. The van der Waals surface area contributed by atoms with Crippen LogP contribution in [0.15, 0.2) is 101 Å². The van der Waals surface area contributed by atoms with Crippen molar-refractivity contribution in [3.8, 4) is 0 Å². The van der Waals surface area contributed by atoms with Crippen LogP contribution in [-0.2, 0) is 0 Å². The van der Waals surface area contributed by atoms with Crippen molar-refractivity contribution in [1.29, 1.82) is 0 Å². The maximum atomic E-state index is 4.96. The molecule has 0 aliphatic carbocycles. The van der Waals surface area contributed by atoms with Crippen molar-refractivity contribution in [3.05, 3.63) is 108 Å². The van der Waals surface area contributed by atoms with Crippen molar-refractivity contribution in [2.45, 2.75) is 54.4 Å². The Morgan fingerprint density at radius 1 is 1.00 bits per heavy atom. The van der Waals surface area contributed by atoms with Crippen molar-refractivity contribution in [2.75, 3.05) is 6.54 Å². The van der Waals surface area contributed by atoms with Gasteiger partial charge in [0.1, 0.15) is 0 Å². The SMILES string of the molecule is C=CC/C(C)=C(\C=C/C)c1cccc(C(/C=C\C)=NCC(=CC/C=C\C)/C(C)=C\C)n1. The van der Waals surface area contributed by atoms with Gasteiger partial charge in [0.25, 0.3) is 0 Å². The van der Waals surface area contributed by atoms with Gasteiger partial charge in [-0.1, -0.05) is 65.8 Å². The Morgan fingerprint density at radius 3 is 2.32 bits per heavy atom. The molecule has 0 saturated carbocycles. The third-order valence-electron chi connectivity index (χ3n) is 4.95. The van der Waals surface area contributed by atoms with E-state index in [1.54, 1.807) is 0 Å². The summed E-state index contributed by atoms with van der Waals surface area (Å²) in [6, 6.07) is 6.15. The van der Waals surface area contributed by atoms with Crippen LogP contribution in [0.1, 0.15) is 65.8 Å². The molecule has 2 nitrogen and oxygen atoms in total. The zero-order valence-electron chi connectivity index (χ0n) is 20.2. The van der Waals surface area contributed by atoms with Gasteiger partial charge in [0.2, 0.25) is 0 Å². The molecule has 0 spiro atoms. The van der Waals surface area contributed by atoms with E-state index in [9.17, 15) is 0 Å². The van der Waals surface area contributed by atoms with Crippen LogP contribution in [0.3, 0.4) is 0 Å². The lowest BCUT2D eigenvalue weighted by Gasteiger charge is -2.10. The number of rotatable bonds is 11. The summed E-state index contributed by atoms with van der Waals surface area (Å²) in [7, 11) is 0. The predicted molar refractivity (Wildman–Crippen MR) is 140 cm³/mol. The molecule has 0 aromatic carbocycles. The third kappa shape index (κ3) is 8.72.